The van der Waals surface area contributed by atoms with Crippen LogP contribution in [0.4, 0.5) is 4.39 Å². The molecule has 0 saturated heterocycles. The van der Waals surface area contributed by atoms with Gasteiger partial charge in [-0.2, -0.15) is 11.8 Å². The van der Waals surface area contributed by atoms with Crippen molar-refractivity contribution in [2.24, 2.45) is 34.5 Å². The van der Waals surface area contributed by atoms with E-state index < -0.39 is 17.2 Å². The van der Waals surface area contributed by atoms with Crippen molar-refractivity contribution < 1.29 is 19.1 Å². The summed E-state index contributed by atoms with van der Waals surface area (Å²) < 4.78 is 16.9. The predicted octanol–water partition coefficient (Wildman–Crippen LogP) is 4.15. The van der Waals surface area contributed by atoms with Crippen LogP contribution >= 0.6 is 11.8 Å². The number of rotatable bonds is 3. The van der Waals surface area contributed by atoms with Gasteiger partial charge in [0.05, 0.1) is 11.9 Å². The highest BCUT2D eigenvalue weighted by molar-refractivity contribution is 7.99. The van der Waals surface area contributed by atoms with Gasteiger partial charge < -0.3 is 5.11 Å². The summed E-state index contributed by atoms with van der Waals surface area (Å²) in [6.07, 6.45) is 7.97. The fourth-order valence-electron chi connectivity index (χ4n) is 7.50. The Morgan fingerprint density at radius 3 is 2.75 bits per heavy atom. The largest absolute Gasteiger partial charge is 0.390 e. The van der Waals surface area contributed by atoms with Crippen molar-refractivity contribution >= 4 is 23.3 Å². The van der Waals surface area contributed by atoms with Crippen LogP contribution in [0, 0.1) is 34.5 Å². The van der Waals surface area contributed by atoms with Crippen LogP contribution in [-0.4, -0.2) is 40.5 Å². The molecule has 0 aromatic rings. The van der Waals surface area contributed by atoms with Gasteiger partial charge in [0.1, 0.15) is 5.78 Å². The molecule has 0 aromatic carbocycles. The molecule has 8 atom stereocenters. The van der Waals surface area contributed by atoms with E-state index in [9.17, 15) is 14.7 Å². The number of fused-ring (bicyclic) bond motifs is 5. The van der Waals surface area contributed by atoms with Crippen molar-refractivity contribution in [1.29, 1.82) is 0 Å². The van der Waals surface area contributed by atoms with E-state index >= 15 is 4.39 Å². The molecule has 0 radical (unpaired) electrons. The van der Waals surface area contributed by atoms with Crippen LogP contribution in [0.15, 0.2) is 23.8 Å². The van der Waals surface area contributed by atoms with Gasteiger partial charge in [0.25, 0.3) is 0 Å². The lowest BCUT2D eigenvalue weighted by atomic mass is 9.45. The molecule has 5 heteroatoms. The normalized spacial score (nSPS) is 49.9. The van der Waals surface area contributed by atoms with Gasteiger partial charge in [-0.05, 0) is 68.3 Å². The molecule has 0 heterocycles. The number of carbonyl (C=O) groups is 2. The van der Waals surface area contributed by atoms with Gasteiger partial charge in [-0.15, -0.1) is 0 Å². The minimum absolute atomic E-state index is 0.0797. The van der Waals surface area contributed by atoms with Crippen molar-refractivity contribution in [1.82, 2.24) is 0 Å². The predicted molar refractivity (Wildman–Crippen MR) is 110 cm³/mol. The molecule has 3 nitrogen and oxygen atoms in total. The SMILES string of the molecule is CSCC(=O)[C@H]1[C@H](C)C[C@H]2[C@@H]3CCC4=CC(=O)C=C[C@]4(C)[C@@]3(F)[C@@H](O)C[C@@]21C. The Kier molecular flexibility index (Phi) is 4.74. The average molecular weight is 407 g/mol. The van der Waals surface area contributed by atoms with Crippen molar-refractivity contribution in [2.45, 2.75) is 58.2 Å². The second-order valence-corrected chi connectivity index (χ2v) is 10.8. The summed E-state index contributed by atoms with van der Waals surface area (Å²) in [5.41, 5.74) is -2.30. The molecule has 0 spiro atoms. The van der Waals surface area contributed by atoms with E-state index in [1.165, 1.54) is 17.8 Å². The number of carbonyl (C=O) groups excluding carboxylic acids is 2. The topological polar surface area (TPSA) is 54.4 Å². The third-order valence-electron chi connectivity index (χ3n) is 8.61. The monoisotopic (exact) mass is 406 g/mol. The first kappa shape index (κ1) is 20.3. The van der Waals surface area contributed by atoms with E-state index in [2.05, 4.69) is 13.8 Å². The minimum Gasteiger partial charge on any atom is -0.390 e. The Morgan fingerprint density at radius 1 is 1.36 bits per heavy atom. The van der Waals surface area contributed by atoms with Gasteiger partial charge >= 0.3 is 0 Å². The van der Waals surface area contributed by atoms with Gasteiger partial charge in [-0.25, -0.2) is 4.39 Å². The molecule has 4 rings (SSSR count). The number of alkyl halides is 1. The lowest BCUT2D eigenvalue weighted by Gasteiger charge is -2.62. The molecule has 154 valence electrons. The second kappa shape index (κ2) is 6.53. The van der Waals surface area contributed by atoms with E-state index in [1.54, 1.807) is 12.2 Å². The molecular weight excluding hydrogens is 375 g/mol. The Bertz CT molecular complexity index is 776. The first-order valence-corrected chi connectivity index (χ1v) is 11.8. The molecule has 1 N–H and O–H groups in total. The summed E-state index contributed by atoms with van der Waals surface area (Å²) in [5, 5.41) is 11.2. The summed E-state index contributed by atoms with van der Waals surface area (Å²) in [7, 11) is 0. The van der Waals surface area contributed by atoms with Gasteiger partial charge in [-0.3, -0.25) is 9.59 Å². The Labute approximate surface area is 171 Å². The number of hydrogen-bond donors (Lipinski definition) is 1. The lowest BCUT2D eigenvalue weighted by molar-refractivity contribution is -0.195. The number of allylic oxidation sites excluding steroid dienone is 4. The van der Waals surface area contributed by atoms with E-state index in [-0.39, 0.29) is 40.7 Å². The van der Waals surface area contributed by atoms with Crippen LogP contribution in [0.3, 0.4) is 0 Å². The van der Waals surface area contributed by atoms with Crippen molar-refractivity contribution in [3.63, 3.8) is 0 Å². The summed E-state index contributed by atoms with van der Waals surface area (Å²) >= 11 is 1.54. The van der Waals surface area contributed by atoms with Crippen LogP contribution in [0.1, 0.15) is 46.5 Å². The number of aliphatic hydroxyl groups excluding tert-OH is 1. The van der Waals surface area contributed by atoms with Crippen LogP contribution < -0.4 is 0 Å². The maximum absolute atomic E-state index is 16.9. The summed E-state index contributed by atoms with van der Waals surface area (Å²) in [5.74, 6) is 0.506. The average Bonchev–Trinajstić information content (AvgIpc) is 2.87. The fraction of sp³-hybridized carbons (Fsp3) is 0.739. The molecule has 0 amide bonds. The number of thioether (sulfide) groups is 1. The lowest BCUT2D eigenvalue weighted by Crippen LogP contribution is -2.66. The highest BCUT2D eigenvalue weighted by atomic mass is 32.2. The Morgan fingerprint density at radius 2 is 2.07 bits per heavy atom. The van der Waals surface area contributed by atoms with Crippen LogP contribution in [0.5, 0.6) is 0 Å². The van der Waals surface area contributed by atoms with Crippen LogP contribution in [-0.2, 0) is 9.59 Å². The molecule has 4 aliphatic carbocycles. The van der Waals surface area contributed by atoms with E-state index in [4.69, 9.17) is 0 Å². The molecule has 3 fully saturated rings. The van der Waals surface area contributed by atoms with E-state index in [1.807, 2.05) is 13.2 Å². The van der Waals surface area contributed by atoms with Gasteiger partial charge in [0, 0.05) is 17.3 Å². The molecule has 3 saturated carbocycles. The van der Waals surface area contributed by atoms with Crippen LogP contribution in [0.2, 0.25) is 0 Å². The molecule has 0 unspecified atom stereocenters. The smallest absolute Gasteiger partial charge is 0.178 e. The highest BCUT2D eigenvalue weighted by Crippen LogP contribution is 2.69. The van der Waals surface area contributed by atoms with Crippen molar-refractivity contribution in [3.05, 3.63) is 23.8 Å². The zero-order valence-electron chi connectivity index (χ0n) is 17.2. The number of Topliss-reactive ketones (excluding diaryl/α,β-unsaturated/α-hetero) is 1. The molecule has 0 aliphatic heterocycles. The summed E-state index contributed by atoms with van der Waals surface area (Å²) in [4.78, 5) is 24.8. The maximum Gasteiger partial charge on any atom is 0.178 e. The number of aliphatic hydroxyl groups is 1. The molecule has 0 aromatic heterocycles. The Balaban J connectivity index is 1.77. The number of hydrogen-bond acceptors (Lipinski definition) is 4. The van der Waals surface area contributed by atoms with E-state index in [0.29, 0.717) is 25.0 Å². The standard InChI is InChI=1S/C23H31FO3S/c1-13-9-17-16-6-5-14-10-15(25)7-8-22(14,3)23(16,24)19(27)11-21(17,2)20(13)18(26)12-28-4/h7-8,10,13,16-17,19-20,27H,5-6,9,11-12H2,1-4H3/t13-,16+,17+,19+,20-,21+,22+,23+/m1/s1. The van der Waals surface area contributed by atoms with Gasteiger partial charge in [-0.1, -0.05) is 25.5 Å². The van der Waals surface area contributed by atoms with Gasteiger partial charge in [0.2, 0.25) is 0 Å². The zero-order valence-corrected chi connectivity index (χ0v) is 18.0. The highest BCUT2D eigenvalue weighted by Gasteiger charge is 2.71. The minimum atomic E-state index is -1.80. The summed E-state index contributed by atoms with van der Waals surface area (Å²) in [6, 6.07) is 0. The molecule has 28 heavy (non-hydrogen) atoms. The summed E-state index contributed by atoms with van der Waals surface area (Å²) in [6.45, 7) is 6.07. The fourth-order valence-corrected chi connectivity index (χ4v) is 7.96. The Hall–Kier alpha value is -0.940. The molecular formula is C23H31FO3S. The van der Waals surface area contributed by atoms with Crippen molar-refractivity contribution in [3.8, 4) is 0 Å². The van der Waals surface area contributed by atoms with Crippen molar-refractivity contribution in [2.75, 3.05) is 12.0 Å². The first-order chi connectivity index (χ1) is 13.1. The number of ketones is 2. The molecule has 4 aliphatic rings. The molecule has 0 bridgehead atoms. The number of halogens is 1. The zero-order chi connectivity index (χ0) is 20.5. The third kappa shape index (κ3) is 2.44. The van der Waals surface area contributed by atoms with E-state index in [0.717, 1.165) is 12.0 Å². The van der Waals surface area contributed by atoms with Crippen LogP contribution in [0.25, 0.3) is 0 Å². The quantitative estimate of drug-likeness (QED) is 0.765. The maximum atomic E-state index is 16.9. The second-order valence-electron chi connectivity index (χ2n) is 9.94. The third-order valence-corrected chi connectivity index (χ3v) is 9.19. The van der Waals surface area contributed by atoms with Gasteiger partial charge in [0.15, 0.2) is 11.5 Å². The first-order valence-electron chi connectivity index (χ1n) is 10.4.